The molecule has 0 saturated heterocycles. The summed E-state index contributed by atoms with van der Waals surface area (Å²) in [5.41, 5.74) is 3.10. The minimum atomic E-state index is -1.18. The molecule has 0 aliphatic carbocycles. The van der Waals surface area contributed by atoms with E-state index in [1.54, 1.807) is 30.3 Å². The molecule has 0 aliphatic rings. The normalized spacial score (nSPS) is 11.8. The molecule has 0 spiro atoms. The van der Waals surface area contributed by atoms with Crippen molar-refractivity contribution in [1.29, 1.82) is 0 Å². The number of hydrogen-bond acceptors (Lipinski definition) is 5. The van der Waals surface area contributed by atoms with E-state index in [0.717, 1.165) is 30.3 Å². The molecule has 4 rings (SSSR count). The highest BCUT2D eigenvalue weighted by Gasteiger charge is 2.23. The number of aromatic nitrogens is 1. The largest absolute Gasteiger partial charge is 0.480 e. The van der Waals surface area contributed by atoms with Crippen molar-refractivity contribution in [3.63, 3.8) is 0 Å². The van der Waals surface area contributed by atoms with E-state index in [1.807, 2.05) is 0 Å². The van der Waals surface area contributed by atoms with E-state index in [-0.39, 0.29) is 18.5 Å². The van der Waals surface area contributed by atoms with Gasteiger partial charge in [-0.2, -0.15) is 0 Å². The molecule has 0 radical (unpaired) electrons. The minimum absolute atomic E-state index is 0.0520. The lowest BCUT2D eigenvalue weighted by molar-refractivity contribution is -0.139. The number of carbonyl (C=O) groups is 2. The van der Waals surface area contributed by atoms with Gasteiger partial charge in [-0.25, -0.2) is 17.6 Å². The van der Waals surface area contributed by atoms with Crippen LogP contribution in [0.3, 0.4) is 0 Å². The lowest BCUT2D eigenvalue weighted by atomic mass is 9.97. The molecule has 0 aliphatic heterocycles. The third-order valence-electron chi connectivity index (χ3n) is 6.01. The zero-order valence-corrected chi connectivity index (χ0v) is 20.1. The summed E-state index contributed by atoms with van der Waals surface area (Å²) in [6.07, 6.45) is 0.0520. The molecule has 1 aromatic heterocycles. The molecule has 0 unspecified atom stereocenters. The summed E-state index contributed by atoms with van der Waals surface area (Å²) in [5.74, 6) is -6.96. The van der Waals surface area contributed by atoms with E-state index >= 15 is 8.78 Å². The van der Waals surface area contributed by atoms with Crippen LogP contribution in [-0.2, 0) is 11.2 Å². The summed E-state index contributed by atoms with van der Waals surface area (Å²) in [5, 5.41) is 12.3. The maximum Gasteiger partial charge on any atom is 0.325 e. The van der Waals surface area contributed by atoms with Crippen LogP contribution in [0, 0.1) is 23.3 Å². The standard InChI is InChI=1S/C28H21F4N3O4/c29-16-6-7-17(20(30)12-16)25(36)19-13-18(27(37)35-26(19)33)23-21(31)10-14(11-22(23)32)8-9-34-24(28(38)39)15-4-2-1-3-5-15/h1-7,10-13,24,34H,8-9H2,(H,38,39)(H3,33,35,37)/t24-/m0/s1. The Balaban J connectivity index is 1.60. The summed E-state index contributed by atoms with van der Waals surface area (Å²) < 4.78 is 57.6. The molecule has 0 bridgehead atoms. The Kier molecular flexibility index (Phi) is 7.91. The van der Waals surface area contributed by atoms with Crippen LogP contribution >= 0.6 is 0 Å². The average molecular weight is 539 g/mol. The third-order valence-corrected chi connectivity index (χ3v) is 6.01. The van der Waals surface area contributed by atoms with Crippen LogP contribution in [0.2, 0.25) is 0 Å². The Morgan fingerprint density at radius 3 is 2.18 bits per heavy atom. The van der Waals surface area contributed by atoms with Gasteiger partial charge in [0.05, 0.1) is 22.3 Å². The highest BCUT2D eigenvalue weighted by Crippen LogP contribution is 2.28. The van der Waals surface area contributed by atoms with Crippen molar-refractivity contribution >= 4 is 17.6 Å². The predicted molar refractivity (Wildman–Crippen MR) is 135 cm³/mol. The summed E-state index contributed by atoms with van der Waals surface area (Å²) in [7, 11) is 0. The van der Waals surface area contributed by atoms with Crippen molar-refractivity contribution in [3.05, 3.63) is 123 Å². The van der Waals surface area contributed by atoms with Crippen LogP contribution in [0.1, 0.15) is 33.1 Å². The van der Waals surface area contributed by atoms with Crippen LogP contribution in [0.5, 0.6) is 0 Å². The lowest BCUT2D eigenvalue weighted by Crippen LogP contribution is -2.30. The molecular formula is C28H21F4N3O4. The number of halogens is 4. The van der Waals surface area contributed by atoms with E-state index < -0.39 is 74.7 Å². The number of carboxylic acid groups (broad SMARTS) is 1. The second kappa shape index (κ2) is 11.3. The molecule has 5 N–H and O–H groups in total. The Morgan fingerprint density at radius 2 is 1.56 bits per heavy atom. The first-order valence-corrected chi connectivity index (χ1v) is 11.6. The highest BCUT2D eigenvalue weighted by molar-refractivity contribution is 6.12. The minimum Gasteiger partial charge on any atom is -0.480 e. The maximum atomic E-state index is 15.1. The Labute approximate surface area is 218 Å². The maximum absolute atomic E-state index is 15.1. The molecule has 39 heavy (non-hydrogen) atoms. The van der Waals surface area contributed by atoms with Crippen LogP contribution in [-0.4, -0.2) is 28.4 Å². The van der Waals surface area contributed by atoms with Gasteiger partial charge in [0.1, 0.15) is 35.1 Å². The number of anilines is 1. The number of hydrogen-bond donors (Lipinski definition) is 4. The second-order valence-electron chi connectivity index (χ2n) is 8.61. The molecule has 1 atom stereocenters. The SMILES string of the molecule is Nc1[nH]c(=O)c(-c2c(F)cc(CCN[C@H](C(=O)O)c3ccccc3)cc2F)cc1C(=O)c1ccc(F)cc1F. The quantitative estimate of drug-likeness (QED) is 0.185. The number of H-pyrrole nitrogens is 1. The molecule has 0 amide bonds. The topological polar surface area (TPSA) is 125 Å². The number of aliphatic carboxylic acids is 1. The fourth-order valence-corrected chi connectivity index (χ4v) is 4.12. The van der Waals surface area contributed by atoms with Gasteiger partial charge in [0.2, 0.25) is 0 Å². The van der Waals surface area contributed by atoms with Gasteiger partial charge in [0, 0.05) is 12.6 Å². The first-order chi connectivity index (χ1) is 18.6. The Morgan fingerprint density at radius 1 is 0.897 bits per heavy atom. The Bertz CT molecular complexity index is 1600. The summed E-state index contributed by atoms with van der Waals surface area (Å²) in [4.78, 5) is 39.1. The monoisotopic (exact) mass is 539 g/mol. The van der Waals surface area contributed by atoms with E-state index in [0.29, 0.717) is 11.6 Å². The zero-order chi connectivity index (χ0) is 28.3. The fraction of sp³-hybridized carbons (Fsp3) is 0.107. The predicted octanol–water partition coefficient (Wildman–Crippen LogP) is 4.37. The molecule has 0 saturated carbocycles. The van der Waals surface area contributed by atoms with Crippen LogP contribution in [0.4, 0.5) is 23.4 Å². The van der Waals surface area contributed by atoms with Crippen molar-refractivity contribution in [2.24, 2.45) is 0 Å². The number of aromatic amines is 1. The van der Waals surface area contributed by atoms with Crippen LogP contribution in [0.25, 0.3) is 11.1 Å². The number of ketones is 1. The van der Waals surface area contributed by atoms with Gasteiger partial charge >= 0.3 is 5.97 Å². The van der Waals surface area contributed by atoms with Crippen molar-refractivity contribution in [2.45, 2.75) is 12.5 Å². The van der Waals surface area contributed by atoms with Gasteiger partial charge in [-0.15, -0.1) is 0 Å². The molecule has 4 aromatic rings. The molecule has 11 heteroatoms. The number of carbonyl (C=O) groups excluding carboxylic acids is 1. The number of benzene rings is 3. The zero-order valence-electron chi connectivity index (χ0n) is 20.1. The van der Waals surface area contributed by atoms with Crippen LogP contribution in [0.15, 0.2) is 71.5 Å². The van der Waals surface area contributed by atoms with Gasteiger partial charge in [-0.1, -0.05) is 30.3 Å². The average Bonchev–Trinajstić information content (AvgIpc) is 2.87. The van der Waals surface area contributed by atoms with E-state index in [4.69, 9.17) is 5.73 Å². The van der Waals surface area contributed by atoms with Crippen molar-refractivity contribution < 1.29 is 32.3 Å². The van der Waals surface area contributed by atoms with Gasteiger partial charge in [-0.05, 0) is 47.9 Å². The smallest absolute Gasteiger partial charge is 0.325 e. The highest BCUT2D eigenvalue weighted by atomic mass is 19.1. The number of pyridine rings is 1. The van der Waals surface area contributed by atoms with Gasteiger partial charge < -0.3 is 21.1 Å². The van der Waals surface area contributed by atoms with Crippen molar-refractivity contribution in [1.82, 2.24) is 10.3 Å². The first-order valence-electron chi connectivity index (χ1n) is 11.6. The van der Waals surface area contributed by atoms with Crippen molar-refractivity contribution in [2.75, 3.05) is 12.3 Å². The molecule has 1 heterocycles. The number of nitrogen functional groups attached to an aromatic ring is 1. The number of carboxylic acids is 1. The first kappa shape index (κ1) is 27.3. The van der Waals surface area contributed by atoms with Crippen LogP contribution < -0.4 is 16.6 Å². The van der Waals surface area contributed by atoms with Gasteiger partial charge in [0.25, 0.3) is 5.56 Å². The molecule has 3 aromatic carbocycles. The second-order valence-corrected chi connectivity index (χ2v) is 8.61. The number of rotatable bonds is 9. The molecular weight excluding hydrogens is 518 g/mol. The van der Waals surface area contributed by atoms with E-state index in [1.165, 1.54) is 0 Å². The summed E-state index contributed by atoms with van der Waals surface area (Å²) in [6.45, 7) is 0.0639. The van der Waals surface area contributed by atoms with E-state index in [2.05, 4.69) is 10.3 Å². The molecule has 0 fully saturated rings. The number of nitrogens with one attached hydrogen (secondary N) is 2. The molecule has 200 valence electrons. The third kappa shape index (κ3) is 5.88. The fourth-order valence-electron chi connectivity index (χ4n) is 4.12. The lowest BCUT2D eigenvalue weighted by Gasteiger charge is -2.15. The van der Waals surface area contributed by atoms with E-state index in [9.17, 15) is 28.3 Å². The Hall–Kier alpha value is -4.77. The summed E-state index contributed by atoms with van der Waals surface area (Å²) >= 11 is 0. The molecule has 7 nitrogen and oxygen atoms in total. The summed E-state index contributed by atoms with van der Waals surface area (Å²) in [6, 6.07) is 12.4. The van der Waals surface area contributed by atoms with Gasteiger partial charge in [-0.3, -0.25) is 14.4 Å². The number of nitrogens with two attached hydrogens (primary N) is 1. The van der Waals surface area contributed by atoms with Gasteiger partial charge in [0.15, 0.2) is 5.78 Å². The van der Waals surface area contributed by atoms with Crippen molar-refractivity contribution in [3.8, 4) is 11.1 Å².